The van der Waals surface area contributed by atoms with Crippen LogP contribution in [0.5, 0.6) is 0 Å². The molecule has 0 saturated carbocycles. The van der Waals surface area contributed by atoms with E-state index in [9.17, 15) is 4.79 Å². The lowest BCUT2D eigenvalue weighted by Gasteiger charge is -2.07. The molecule has 2 aromatic rings. The van der Waals surface area contributed by atoms with E-state index in [0.717, 1.165) is 15.6 Å². The number of rotatable bonds is 5. The average molecular weight is 382 g/mol. The van der Waals surface area contributed by atoms with E-state index in [4.69, 9.17) is 16.4 Å². The molecular formula is C16H14BrClN2O2. The molecule has 0 unspecified atom stereocenters. The van der Waals surface area contributed by atoms with Gasteiger partial charge in [0.15, 0.2) is 6.61 Å². The van der Waals surface area contributed by atoms with Crippen molar-refractivity contribution in [2.24, 2.45) is 5.16 Å². The summed E-state index contributed by atoms with van der Waals surface area (Å²) in [5, 5.41) is 7.06. The molecule has 0 bridgehead atoms. The topological polar surface area (TPSA) is 50.7 Å². The third-order valence-corrected chi connectivity index (χ3v) is 3.58. The zero-order valence-electron chi connectivity index (χ0n) is 11.8. The van der Waals surface area contributed by atoms with Gasteiger partial charge in [-0.25, -0.2) is 0 Å². The Morgan fingerprint density at radius 3 is 2.77 bits per heavy atom. The zero-order chi connectivity index (χ0) is 15.9. The first kappa shape index (κ1) is 16.5. The molecule has 0 spiro atoms. The molecule has 1 amide bonds. The third kappa shape index (κ3) is 5.16. The number of oxime groups is 1. The van der Waals surface area contributed by atoms with Gasteiger partial charge in [-0.2, -0.15) is 0 Å². The molecular weight excluding hydrogens is 368 g/mol. The quantitative estimate of drug-likeness (QED) is 0.616. The Balaban J connectivity index is 1.83. The van der Waals surface area contributed by atoms with Gasteiger partial charge in [-0.1, -0.05) is 50.9 Å². The molecule has 1 N–H and O–H groups in total. The highest BCUT2D eigenvalue weighted by molar-refractivity contribution is 9.10. The van der Waals surface area contributed by atoms with Crippen LogP contribution in [-0.4, -0.2) is 18.7 Å². The van der Waals surface area contributed by atoms with Crippen molar-refractivity contribution in [3.05, 3.63) is 63.1 Å². The van der Waals surface area contributed by atoms with E-state index in [0.29, 0.717) is 10.7 Å². The van der Waals surface area contributed by atoms with Crippen LogP contribution in [-0.2, 0) is 9.63 Å². The molecule has 0 radical (unpaired) electrons. The van der Waals surface area contributed by atoms with E-state index >= 15 is 0 Å². The number of amides is 1. The van der Waals surface area contributed by atoms with Crippen molar-refractivity contribution < 1.29 is 9.63 Å². The van der Waals surface area contributed by atoms with Gasteiger partial charge in [-0.3, -0.25) is 4.79 Å². The molecule has 2 aromatic carbocycles. The number of benzene rings is 2. The van der Waals surface area contributed by atoms with Crippen molar-refractivity contribution in [3.8, 4) is 0 Å². The summed E-state index contributed by atoms with van der Waals surface area (Å²) < 4.78 is 0.988. The minimum Gasteiger partial charge on any atom is -0.386 e. The smallest absolute Gasteiger partial charge is 0.265 e. The number of halogens is 2. The molecule has 6 heteroatoms. The lowest BCUT2D eigenvalue weighted by atomic mass is 10.2. The van der Waals surface area contributed by atoms with Gasteiger partial charge >= 0.3 is 0 Å². The summed E-state index contributed by atoms with van der Waals surface area (Å²) in [5.74, 6) is -0.293. The van der Waals surface area contributed by atoms with Crippen LogP contribution < -0.4 is 5.32 Å². The molecule has 4 nitrogen and oxygen atoms in total. The summed E-state index contributed by atoms with van der Waals surface area (Å²) in [4.78, 5) is 16.8. The minimum atomic E-state index is -0.293. The summed E-state index contributed by atoms with van der Waals surface area (Å²) in [7, 11) is 0. The summed E-state index contributed by atoms with van der Waals surface area (Å²) in [5.41, 5.74) is 2.48. The standard InChI is InChI=1S/C16H14BrClN2O2/c1-11-2-7-14(18)8-15(11)20-16(21)10-22-19-9-12-3-5-13(17)6-4-12/h2-9H,10H2,1H3,(H,20,21)/b19-9-. The number of nitrogens with one attached hydrogen (secondary N) is 1. The predicted octanol–water partition coefficient (Wildman–Crippen LogP) is 4.40. The van der Waals surface area contributed by atoms with Crippen LogP contribution in [0.3, 0.4) is 0 Å². The number of aryl methyl sites for hydroxylation is 1. The predicted molar refractivity (Wildman–Crippen MR) is 92.5 cm³/mol. The lowest BCUT2D eigenvalue weighted by Crippen LogP contribution is -2.17. The van der Waals surface area contributed by atoms with E-state index < -0.39 is 0 Å². The molecule has 0 saturated heterocycles. The van der Waals surface area contributed by atoms with E-state index in [2.05, 4.69) is 26.4 Å². The van der Waals surface area contributed by atoms with Gasteiger partial charge in [0.1, 0.15) is 0 Å². The van der Waals surface area contributed by atoms with E-state index in [1.807, 2.05) is 37.3 Å². The molecule has 22 heavy (non-hydrogen) atoms. The molecule has 2 rings (SSSR count). The fourth-order valence-corrected chi connectivity index (χ4v) is 2.09. The SMILES string of the molecule is Cc1ccc(Cl)cc1NC(=O)CO/N=C\c1ccc(Br)cc1. The number of hydrogen-bond donors (Lipinski definition) is 1. The van der Waals surface area contributed by atoms with Crippen molar-refractivity contribution in [2.75, 3.05) is 11.9 Å². The van der Waals surface area contributed by atoms with E-state index in [1.165, 1.54) is 0 Å². The Bertz CT molecular complexity index is 687. The second kappa shape index (κ2) is 7.96. The highest BCUT2D eigenvalue weighted by atomic mass is 79.9. The maximum absolute atomic E-state index is 11.8. The largest absolute Gasteiger partial charge is 0.386 e. The highest BCUT2D eigenvalue weighted by Gasteiger charge is 2.05. The number of carbonyl (C=O) groups excluding carboxylic acids is 1. The monoisotopic (exact) mass is 380 g/mol. The lowest BCUT2D eigenvalue weighted by molar-refractivity contribution is -0.120. The first-order chi connectivity index (χ1) is 10.5. The summed E-state index contributed by atoms with van der Waals surface area (Å²) in [6.45, 7) is 1.72. The van der Waals surface area contributed by atoms with Gasteiger partial charge in [0.25, 0.3) is 5.91 Å². The van der Waals surface area contributed by atoms with Gasteiger partial charge in [0.05, 0.1) is 6.21 Å². The number of anilines is 1. The Labute approximate surface area is 142 Å². The summed E-state index contributed by atoms with van der Waals surface area (Å²) >= 11 is 9.25. The van der Waals surface area contributed by atoms with Crippen molar-refractivity contribution in [2.45, 2.75) is 6.92 Å². The highest BCUT2D eigenvalue weighted by Crippen LogP contribution is 2.19. The number of carbonyl (C=O) groups is 1. The van der Waals surface area contributed by atoms with Crippen LogP contribution in [0.4, 0.5) is 5.69 Å². The summed E-state index contributed by atoms with van der Waals surface area (Å²) in [6.07, 6.45) is 1.55. The van der Waals surface area contributed by atoms with Crippen molar-refractivity contribution in [1.82, 2.24) is 0 Å². The molecule has 0 aliphatic heterocycles. The number of hydrogen-bond acceptors (Lipinski definition) is 3. The van der Waals surface area contributed by atoms with Crippen molar-refractivity contribution in [1.29, 1.82) is 0 Å². The van der Waals surface area contributed by atoms with E-state index in [-0.39, 0.29) is 12.5 Å². The van der Waals surface area contributed by atoms with Crippen LogP contribution >= 0.6 is 27.5 Å². The van der Waals surface area contributed by atoms with E-state index in [1.54, 1.807) is 18.3 Å². The van der Waals surface area contributed by atoms with Crippen molar-refractivity contribution in [3.63, 3.8) is 0 Å². The van der Waals surface area contributed by atoms with Gasteiger partial charge in [0, 0.05) is 15.2 Å². The third-order valence-electron chi connectivity index (χ3n) is 2.82. The first-order valence-corrected chi connectivity index (χ1v) is 7.68. The van der Waals surface area contributed by atoms with Gasteiger partial charge < -0.3 is 10.2 Å². The van der Waals surface area contributed by atoms with Crippen LogP contribution in [0.15, 0.2) is 52.1 Å². The Morgan fingerprint density at radius 2 is 2.05 bits per heavy atom. The van der Waals surface area contributed by atoms with Crippen LogP contribution in [0.2, 0.25) is 5.02 Å². The maximum atomic E-state index is 11.8. The first-order valence-electron chi connectivity index (χ1n) is 6.51. The average Bonchev–Trinajstić information content (AvgIpc) is 2.49. The molecule has 0 atom stereocenters. The second-order valence-electron chi connectivity index (χ2n) is 4.57. The second-order valence-corrected chi connectivity index (χ2v) is 5.92. The Morgan fingerprint density at radius 1 is 1.32 bits per heavy atom. The Kier molecular flexibility index (Phi) is 5.98. The maximum Gasteiger partial charge on any atom is 0.265 e. The molecule has 0 aliphatic rings. The minimum absolute atomic E-state index is 0.168. The van der Waals surface area contributed by atoms with Gasteiger partial charge in [-0.15, -0.1) is 0 Å². The fourth-order valence-electron chi connectivity index (χ4n) is 1.66. The molecule has 114 valence electrons. The molecule has 0 heterocycles. The normalized spacial score (nSPS) is 10.7. The van der Waals surface area contributed by atoms with Crippen molar-refractivity contribution >= 4 is 45.3 Å². The number of nitrogens with zero attached hydrogens (tertiary/aromatic N) is 1. The van der Waals surface area contributed by atoms with Gasteiger partial charge in [0.2, 0.25) is 0 Å². The molecule has 0 aliphatic carbocycles. The zero-order valence-corrected chi connectivity index (χ0v) is 14.2. The van der Waals surface area contributed by atoms with Gasteiger partial charge in [-0.05, 0) is 42.3 Å². The summed E-state index contributed by atoms with van der Waals surface area (Å²) in [6, 6.07) is 12.9. The van der Waals surface area contributed by atoms with Crippen LogP contribution in [0.25, 0.3) is 0 Å². The Hall–Kier alpha value is -1.85. The van der Waals surface area contributed by atoms with Crippen LogP contribution in [0, 0.1) is 6.92 Å². The van der Waals surface area contributed by atoms with Crippen LogP contribution in [0.1, 0.15) is 11.1 Å². The fraction of sp³-hybridized carbons (Fsp3) is 0.125. The molecule has 0 fully saturated rings. The molecule has 0 aromatic heterocycles.